The summed E-state index contributed by atoms with van der Waals surface area (Å²) in [4.78, 5) is 2.42. The van der Waals surface area contributed by atoms with E-state index in [1.807, 2.05) is 13.8 Å². The van der Waals surface area contributed by atoms with Crippen LogP contribution in [0.2, 0.25) is 0 Å². The lowest BCUT2D eigenvalue weighted by Crippen LogP contribution is -2.32. The van der Waals surface area contributed by atoms with Crippen molar-refractivity contribution < 1.29 is 9.94 Å². The van der Waals surface area contributed by atoms with E-state index in [0.29, 0.717) is 5.84 Å². The Morgan fingerprint density at radius 1 is 1.35 bits per heavy atom. The number of unbranched alkanes of at least 4 members (excludes halogenated alkanes) is 1. The van der Waals surface area contributed by atoms with Gasteiger partial charge >= 0.3 is 0 Å². The first-order valence-corrected chi connectivity index (χ1v) is 7.70. The Morgan fingerprint density at radius 2 is 2.00 bits per heavy atom. The topological polar surface area (TPSA) is 71.1 Å². The van der Waals surface area contributed by atoms with Crippen LogP contribution in [0.15, 0.2) is 5.16 Å². The van der Waals surface area contributed by atoms with Crippen LogP contribution >= 0.6 is 0 Å². The van der Waals surface area contributed by atoms with Crippen LogP contribution in [0, 0.1) is 11.3 Å². The Kier molecular flexibility index (Phi) is 7.30. The summed E-state index contributed by atoms with van der Waals surface area (Å²) in [5, 5.41) is 11.9. The fourth-order valence-corrected chi connectivity index (χ4v) is 2.67. The maximum absolute atomic E-state index is 8.74. The number of oxime groups is 1. The van der Waals surface area contributed by atoms with Crippen molar-refractivity contribution in [1.29, 1.82) is 0 Å². The molecule has 0 unspecified atom stereocenters. The lowest BCUT2D eigenvalue weighted by molar-refractivity contribution is 0.0555. The van der Waals surface area contributed by atoms with Crippen molar-refractivity contribution in [3.05, 3.63) is 0 Å². The molecule has 3 N–H and O–H groups in total. The van der Waals surface area contributed by atoms with Crippen molar-refractivity contribution in [2.45, 2.75) is 46.0 Å². The van der Waals surface area contributed by atoms with Crippen molar-refractivity contribution in [1.82, 2.24) is 4.90 Å². The molecule has 1 rings (SSSR count). The first kappa shape index (κ1) is 17.2. The molecule has 0 radical (unpaired) electrons. The van der Waals surface area contributed by atoms with Gasteiger partial charge in [-0.1, -0.05) is 25.4 Å². The van der Waals surface area contributed by atoms with E-state index in [2.05, 4.69) is 17.1 Å². The molecule has 1 heterocycles. The van der Waals surface area contributed by atoms with Crippen molar-refractivity contribution in [2.75, 3.05) is 33.4 Å². The van der Waals surface area contributed by atoms with Gasteiger partial charge in [-0.2, -0.15) is 0 Å². The average molecular weight is 285 g/mol. The van der Waals surface area contributed by atoms with Crippen molar-refractivity contribution >= 4 is 5.84 Å². The van der Waals surface area contributed by atoms with Gasteiger partial charge in [0.2, 0.25) is 0 Å². The lowest BCUT2D eigenvalue weighted by atomic mass is 9.86. The molecule has 1 aliphatic rings. The highest BCUT2D eigenvalue weighted by atomic mass is 16.5. The van der Waals surface area contributed by atoms with Gasteiger partial charge in [-0.15, -0.1) is 0 Å². The Balaban J connectivity index is 2.14. The number of ether oxygens (including phenoxy) is 1. The molecule has 0 aromatic carbocycles. The van der Waals surface area contributed by atoms with Crippen LogP contribution in [0.5, 0.6) is 0 Å². The largest absolute Gasteiger partial charge is 0.409 e. The van der Waals surface area contributed by atoms with E-state index in [-0.39, 0.29) is 5.41 Å². The van der Waals surface area contributed by atoms with E-state index in [0.717, 1.165) is 44.9 Å². The predicted octanol–water partition coefficient (Wildman–Crippen LogP) is 2.29. The van der Waals surface area contributed by atoms with E-state index >= 15 is 0 Å². The monoisotopic (exact) mass is 285 g/mol. The standard InChI is InChI=1S/C15H31N3O2/c1-15(2,14(16)17-19)8-4-5-9-18(3)12-13-6-10-20-11-7-13/h13,19H,4-12H2,1-3H3,(H2,16,17). The highest BCUT2D eigenvalue weighted by Crippen LogP contribution is 2.23. The zero-order chi connectivity index (χ0) is 15.0. The Bertz CT molecular complexity index is 299. The SMILES string of the molecule is CN(CCCCC(C)(C)C(N)=NO)CC1CCOCC1. The Labute approximate surface area is 123 Å². The molecule has 0 aromatic rings. The third-order valence-corrected chi connectivity index (χ3v) is 4.30. The van der Waals surface area contributed by atoms with E-state index in [9.17, 15) is 0 Å². The number of hydrogen-bond acceptors (Lipinski definition) is 4. The summed E-state index contributed by atoms with van der Waals surface area (Å²) < 4.78 is 5.39. The molecule has 0 aliphatic carbocycles. The first-order valence-electron chi connectivity index (χ1n) is 7.70. The van der Waals surface area contributed by atoms with Crippen LogP contribution < -0.4 is 5.73 Å². The molecule has 1 fully saturated rings. The zero-order valence-corrected chi connectivity index (χ0v) is 13.3. The van der Waals surface area contributed by atoms with Crippen LogP contribution in [0.4, 0.5) is 0 Å². The summed E-state index contributed by atoms with van der Waals surface area (Å²) >= 11 is 0. The van der Waals surface area contributed by atoms with E-state index in [4.69, 9.17) is 15.7 Å². The molecule has 5 heteroatoms. The van der Waals surface area contributed by atoms with Gasteiger partial charge in [0.15, 0.2) is 0 Å². The average Bonchev–Trinajstić information content (AvgIpc) is 2.43. The minimum absolute atomic E-state index is 0.214. The molecule has 118 valence electrons. The van der Waals surface area contributed by atoms with E-state index < -0.39 is 0 Å². The summed E-state index contributed by atoms with van der Waals surface area (Å²) in [6.07, 6.45) is 5.60. The van der Waals surface area contributed by atoms with Gasteiger partial charge in [-0.05, 0) is 45.2 Å². The Morgan fingerprint density at radius 3 is 2.60 bits per heavy atom. The number of nitrogens with zero attached hydrogens (tertiary/aromatic N) is 2. The predicted molar refractivity (Wildman–Crippen MR) is 82.1 cm³/mol. The van der Waals surface area contributed by atoms with Gasteiger partial charge in [0.25, 0.3) is 0 Å². The highest BCUT2D eigenvalue weighted by molar-refractivity contribution is 5.85. The molecule has 20 heavy (non-hydrogen) atoms. The smallest absolute Gasteiger partial charge is 0.144 e. The molecule has 0 aromatic heterocycles. The maximum Gasteiger partial charge on any atom is 0.144 e. The van der Waals surface area contributed by atoms with Crippen LogP contribution in [0.3, 0.4) is 0 Å². The molecule has 5 nitrogen and oxygen atoms in total. The first-order chi connectivity index (χ1) is 9.45. The van der Waals surface area contributed by atoms with E-state index in [1.54, 1.807) is 0 Å². The lowest BCUT2D eigenvalue weighted by Gasteiger charge is -2.27. The van der Waals surface area contributed by atoms with Gasteiger partial charge < -0.3 is 20.6 Å². The molecule has 0 spiro atoms. The van der Waals surface area contributed by atoms with Crippen LogP contribution in [-0.2, 0) is 4.74 Å². The van der Waals surface area contributed by atoms with Crippen LogP contribution in [-0.4, -0.2) is 49.3 Å². The molecular weight excluding hydrogens is 254 g/mol. The number of rotatable bonds is 8. The molecule has 0 bridgehead atoms. The summed E-state index contributed by atoms with van der Waals surface area (Å²) in [5.41, 5.74) is 5.48. The third-order valence-electron chi connectivity index (χ3n) is 4.30. The molecule has 1 aliphatic heterocycles. The maximum atomic E-state index is 8.74. The minimum Gasteiger partial charge on any atom is -0.409 e. The second-order valence-corrected chi connectivity index (χ2v) is 6.64. The van der Waals surface area contributed by atoms with Gasteiger partial charge in [-0.3, -0.25) is 0 Å². The van der Waals surface area contributed by atoms with Crippen molar-refractivity contribution in [2.24, 2.45) is 22.2 Å². The fourth-order valence-electron chi connectivity index (χ4n) is 2.67. The Hall–Kier alpha value is -0.810. The second-order valence-electron chi connectivity index (χ2n) is 6.64. The molecule has 0 atom stereocenters. The number of hydrogen-bond donors (Lipinski definition) is 2. The third kappa shape index (κ3) is 6.09. The zero-order valence-electron chi connectivity index (χ0n) is 13.3. The molecule has 1 saturated heterocycles. The van der Waals surface area contributed by atoms with Gasteiger partial charge in [0.1, 0.15) is 5.84 Å². The van der Waals surface area contributed by atoms with Crippen molar-refractivity contribution in [3.8, 4) is 0 Å². The number of amidine groups is 1. The summed E-state index contributed by atoms with van der Waals surface area (Å²) in [6.45, 7) is 8.18. The minimum atomic E-state index is -0.214. The summed E-state index contributed by atoms with van der Waals surface area (Å²) in [5.74, 6) is 1.12. The fraction of sp³-hybridized carbons (Fsp3) is 0.933. The van der Waals surface area contributed by atoms with E-state index in [1.165, 1.54) is 19.4 Å². The summed E-state index contributed by atoms with van der Waals surface area (Å²) in [7, 11) is 2.20. The molecule has 0 saturated carbocycles. The van der Waals surface area contributed by atoms with Gasteiger partial charge in [0, 0.05) is 25.2 Å². The number of nitrogens with two attached hydrogens (primary N) is 1. The quantitative estimate of drug-likeness (QED) is 0.236. The summed E-state index contributed by atoms with van der Waals surface area (Å²) in [6, 6.07) is 0. The highest BCUT2D eigenvalue weighted by Gasteiger charge is 2.23. The normalized spacial score (nSPS) is 18.7. The van der Waals surface area contributed by atoms with Crippen LogP contribution in [0.25, 0.3) is 0 Å². The van der Waals surface area contributed by atoms with Crippen LogP contribution in [0.1, 0.15) is 46.0 Å². The molecule has 0 amide bonds. The molecular formula is C15H31N3O2. The van der Waals surface area contributed by atoms with Gasteiger partial charge in [0.05, 0.1) is 0 Å². The van der Waals surface area contributed by atoms with Crippen molar-refractivity contribution in [3.63, 3.8) is 0 Å². The van der Waals surface area contributed by atoms with Gasteiger partial charge in [-0.25, -0.2) is 0 Å². The second kappa shape index (κ2) is 8.47.